The second kappa shape index (κ2) is 8.30. The third-order valence-corrected chi connectivity index (χ3v) is 4.68. The summed E-state index contributed by atoms with van der Waals surface area (Å²) in [5.74, 6) is -0.963. The summed E-state index contributed by atoms with van der Waals surface area (Å²) in [6, 6.07) is 4.10. The molecule has 0 aliphatic heterocycles. The first kappa shape index (κ1) is 21.9. The first-order valence-electron chi connectivity index (χ1n) is 8.54. The molecule has 0 radical (unpaired) electrons. The molecule has 2 aromatic rings. The summed E-state index contributed by atoms with van der Waals surface area (Å²) in [7, 11) is 0. The number of ether oxygens (including phenoxy) is 1. The quantitative estimate of drug-likeness (QED) is 0.661. The van der Waals surface area contributed by atoms with Gasteiger partial charge in [0.2, 0.25) is 0 Å². The number of benzene rings is 1. The van der Waals surface area contributed by atoms with E-state index in [0.717, 1.165) is 24.3 Å². The van der Waals surface area contributed by atoms with Crippen molar-refractivity contribution >= 4 is 23.2 Å². The molecule has 0 spiro atoms. The van der Waals surface area contributed by atoms with E-state index >= 15 is 0 Å². The van der Waals surface area contributed by atoms with Gasteiger partial charge < -0.3 is 9.64 Å². The Morgan fingerprint density at radius 3 is 2.25 bits per heavy atom. The van der Waals surface area contributed by atoms with Crippen LogP contribution in [0, 0.1) is 0 Å². The Balaban J connectivity index is 2.24. The zero-order valence-electron chi connectivity index (χ0n) is 16.0. The number of thiazole rings is 1. The molecule has 0 unspecified atom stereocenters. The SMILES string of the molecule is CCOC(=O)c1csc(CN(C(=O)c2ccc(C(F)(F)F)cc2)C(C)(C)C)n1. The van der Waals surface area contributed by atoms with Gasteiger partial charge in [-0.25, -0.2) is 9.78 Å². The van der Waals surface area contributed by atoms with Crippen molar-refractivity contribution in [2.75, 3.05) is 6.61 Å². The van der Waals surface area contributed by atoms with Gasteiger partial charge in [-0.15, -0.1) is 11.3 Å². The molecular formula is C19H21F3N2O3S. The molecule has 2 rings (SSSR count). The standard InChI is InChI=1S/C19H21F3N2O3S/c1-5-27-17(26)14-11-28-15(23-14)10-24(18(2,3)4)16(25)12-6-8-13(9-7-12)19(20,21)22/h6-9,11H,5,10H2,1-4H3. The van der Waals surface area contributed by atoms with E-state index in [1.54, 1.807) is 12.3 Å². The molecule has 0 aliphatic rings. The second-order valence-corrected chi connectivity index (χ2v) is 7.93. The molecule has 0 N–H and O–H groups in total. The van der Waals surface area contributed by atoms with Crippen LogP contribution in [0.2, 0.25) is 0 Å². The number of carbonyl (C=O) groups is 2. The molecule has 0 aliphatic carbocycles. The van der Waals surface area contributed by atoms with Crippen LogP contribution < -0.4 is 0 Å². The Morgan fingerprint density at radius 2 is 1.75 bits per heavy atom. The lowest BCUT2D eigenvalue weighted by Gasteiger charge is -2.35. The fourth-order valence-electron chi connectivity index (χ4n) is 2.39. The number of carbonyl (C=O) groups excluding carboxylic acids is 2. The minimum atomic E-state index is -4.46. The summed E-state index contributed by atoms with van der Waals surface area (Å²) in [5, 5.41) is 2.08. The predicted octanol–water partition coefficient (Wildman–Crippen LogP) is 4.78. The molecule has 0 bridgehead atoms. The normalized spacial score (nSPS) is 12.0. The highest BCUT2D eigenvalue weighted by Gasteiger charge is 2.32. The summed E-state index contributed by atoms with van der Waals surface area (Å²) in [4.78, 5) is 30.4. The van der Waals surface area contributed by atoms with E-state index in [1.807, 2.05) is 20.8 Å². The van der Waals surface area contributed by atoms with Gasteiger partial charge in [-0.2, -0.15) is 13.2 Å². The van der Waals surface area contributed by atoms with Crippen molar-refractivity contribution in [2.45, 2.75) is 46.0 Å². The topological polar surface area (TPSA) is 59.5 Å². The van der Waals surface area contributed by atoms with Gasteiger partial charge in [0.15, 0.2) is 5.69 Å². The molecule has 5 nitrogen and oxygen atoms in total. The Labute approximate surface area is 165 Å². The Bertz CT molecular complexity index is 839. The molecule has 1 aromatic heterocycles. The van der Waals surface area contributed by atoms with Crippen molar-refractivity contribution in [1.82, 2.24) is 9.88 Å². The van der Waals surface area contributed by atoms with Gasteiger partial charge in [0.05, 0.1) is 18.7 Å². The maximum atomic E-state index is 12.9. The Morgan fingerprint density at radius 1 is 1.14 bits per heavy atom. The van der Waals surface area contributed by atoms with E-state index in [1.165, 1.54) is 16.2 Å². The number of amides is 1. The highest BCUT2D eigenvalue weighted by molar-refractivity contribution is 7.09. The molecule has 152 valence electrons. The highest BCUT2D eigenvalue weighted by atomic mass is 32.1. The van der Waals surface area contributed by atoms with E-state index in [-0.39, 0.29) is 24.4 Å². The molecule has 1 aromatic carbocycles. The van der Waals surface area contributed by atoms with Gasteiger partial charge in [0.25, 0.3) is 5.91 Å². The first-order chi connectivity index (χ1) is 12.9. The fourth-order valence-corrected chi connectivity index (χ4v) is 3.14. The minimum Gasteiger partial charge on any atom is -0.461 e. The van der Waals surface area contributed by atoms with Crippen molar-refractivity contribution in [2.24, 2.45) is 0 Å². The number of hydrogen-bond acceptors (Lipinski definition) is 5. The van der Waals surface area contributed by atoms with Gasteiger partial charge in [-0.05, 0) is 52.0 Å². The Kier molecular flexibility index (Phi) is 6.48. The molecule has 1 amide bonds. The van der Waals surface area contributed by atoms with E-state index < -0.39 is 29.2 Å². The van der Waals surface area contributed by atoms with Crippen LogP contribution in [0.5, 0.6) is 0 Å². The number of aromatic nitrogens is 1. The number of halogens is 3. The molecule has 0 atom stereocenters. The molecule has 1 heterocycles. The zero-order chi connectivity index (χ0) is 21.1. The summed E-state index contributed by atoms with van der Waals surface area (Å²) < 4.78 is 43.1. The fraction of sp³-hybridized carbons (Fsp3) is 0.421. The van der Waals surface area contributed by atoms with Gasteiger partial charge in [-0.1, -0.05) is 0 Å². The van der Waals surface area contributed by atoms with Gasteiger partial charge in [0, 0.05) is 16.5 Å². The summed E-state index contributed by atoms with van der Waals surface area (Å²) in [5.41, 5.74) is -1.12. The highest BCUT2D eigenvalue weighted by Crippen LogP contribution is 2.30. The third kappa shape index (κ3) is 5.31. The van der Waals surface area contributed by atoms with Crippen LogP contribution in [0.4, 0.5) is 13.2 Å². The van der Waals surface area contributed by atoms with Crippen LogP contribution >= 0.6 is 11.3 Å². The molecule has 0 saturated carbocycles. The van der Waals surface area contributed by atoms with Crippen molar-refractivity contribution in [3.05, 3.63) is 51.5 Å². The van der Waals surface area contributed by atoms with E-state index in [2.05, 4.69) is 4.98 Å². The third-order valence-electron chi connectivity index (χ3n) is 3.84. The van der Waals surface area contributed by atoms with Crippen molar-refractivity contribution in [1.29, 1.82) is 0 Å². The van der Waals surface area contributed by atoms with E-state index in [9.17, 15) is 22.8 Å². The number of esters is 1. The largest absolute Gasteiger partial charge is 0.461 e. The van der Waals surface area contributed by atoms with Crippen molar-refractivity contribution < 1.29 is 27.5 Å². The monoisotopic (exact) mass is 414 g/mol. The lowest BCUT2D eigenvalue weighted by atomic mass is 10.0. The number of nitrogens with zero attached hydrogens (tertiary/aromatic N) is 2. The summed E-state index contributed by atoms with van der Waals surface area (Å²) in [6.45, 7) is 7.48. The molecule has 9 heteroatoms. The minimum absolute atomic E-state index is 0.118. The number of rotatable bonds is 5. The van der Waals surface area contributed by atoms with Crippen LogP contribution in [0.15, 0.2) is 29.6 Å². The van der Waals surface area contributed by atoms with Crippen LogP contribution in [0.25, 0.3) is 0 Å². The number of hydrogen-bond donors (Lipinski definition) is 0. The van der Waals surface area contributed by atoms with Crippen molar-refractivity contribution in [3.8, 4) is 0 Å². The van der Waals surface area contributed by atoms with Gasteiger partial charge in [-0.3, -0.25) is 4.79 Å². The van der Waals surface area contributed by atoms with Crippen molar-refractivity contribution in [3.63, 3.8) is 0 Å². The zero-order valence-corrected chi connectivity index (χ0v) is 16.8. The number of alkyl halides is 3. The smallest absolute Gasteiger partial charge is 0.416 e. The maximum Gasteiger partial charge on any atom is 0.416 e. The van der Waals surface area contributed by atoms with E-state index in [0.29, 0.717) is 5.01 Å². The van der Waals surface area contributed by atoms with Crippen LogP contribution in [-0.4, -0.2) is 33.9 Å². The average Bonchev–Trinajstić information content (AvgIpc) is 3.06. The summed E-state index contributed by atoms with van der Waals surface area (Å²) >= 11 is 1.21. The Hall–Kier alpha value is -2.42. The van der Waals surface area contributed by atoms with Crippen LogP contribution in [0.1, 0.15) is 59.1 Å². The molecule has 28 heavy (non-hydrogen) atoms. The molecule has 0 saturated heterocycles. The first-order valence-corrected chi connectivity index (χ1v) is 9.42. The van der Waals surface area contributed by atoms with E-state index in [4.69, 9.17) is 4.74 Å². The average molecular weight is 414 g/mol. The van der Waals surface area contributed by atoms with Crippen LogP contribution in [-0.2, 0) is 17.5 Å². The molecular weight excluding hydrogens is 393 g/mol. The lowest BCUT2D eigenvalue weighted by Crippen LogP contribution is -2.45. The van der Waals surface area contributed by atoms with Crippen LogP contribution in [0.3, 0.4) is 0 Å². The predicted molar refractivity (Wildman–Crippen MR) is 99.1 cm³/mol. The second-order valence-electron chi connectivity index (χ2n) is 6.98. The van der Waals surface area contributed by atoms with Gasteiger partial charge in [0.1, 0.15) is 5.01 Å². The molecule has 0 fully saturated rings. The lowest BCUT2D eigenvalue weighted by molar-refractivity contribution is -0.137. The maximum absolute atomic E-state index is 12.9. The van der Waals surface area contributed by atoms with Gasteiger partial charge >= 0.3 is 12.1 Å². The summed E-state index contributed by atoms with van der Waals surface area (Å²) in [6.07, 6.45) is -4.46.